The summed E-state index contributed by atoms with van der Waals surface area (Å²) >= 11 is 3.03. The Hall–Kier alpha value is -1.86. The highest BCUT2D eigenvalue weighted by Gasteiger charge is 2.20. The maximum absolute atomic E-state index is 12.0. The van der Waals surface area contributed by atoms with Crippen molar-refractivity contribution >= 4 is 35.0 Å². The summed E-state index contributed by atoms with van der Waals surface area (Å²) in [6, 6.07) is 8.89. The van der Waals surface area contributed by atoms with Crippen molar-refractivity contribution in [1.29, 1.82) is 0 Å². The first-order valence-corrected chi connectivity index (χ1v) is 9.38. The fourth-order valence-corrected chi connectivity index (χ4v) is 3.30. The molecule has 0 aliphatic rings. The Morgan fingerprint density at radius 3 is 2.74 bits per heavy atom. The number of hydrogen-bond donors (Lipinski definition) is 2. The monoisotopic (exact) mass is 350 g/mol. The highest BCUT2D eigenvalue weighted by Crippen LogP contribution is 2.23. The molecule has 0 aliphatic carbocycles. The van der Waals surface area contributed by atoms with Gasteiger partial charge in [-0.25, -0.2) is 9.78 Å². The Labute approximate surface area is 143 Å². The second kappa shape index (κ2) is 8.69. The first kappa shape index (κ1) is 17.5. The number of nitrogens with one attached hydrogen (secondary N) is 1. The van der Waals surface area contributed by atoms with E-state index < -0.39 is 12.0 Å². The molecule has 1 amide bonds. The minimum Gasteiger partial charge on any atom is -0.480 e. The standard InChI is InChI=1S/C16H18N2O3S2/c1-22-8-7-13(16(20)21)18-14(19)9-12-10-23-15(17-12)11-5-3-2-4-6-11/h2-6,10,13H,7-9H2,1H3,(H,18,19)(H,20,21)/t13-/m0/s1. The van der Waals surface area contributed by atoms with E-state index in [0.717, 1.165) is 10.6 Å². The molecule has 0 fully saturated rings. The average molecular weight is 350 g/mol. The summed E-state index contributed by atoms with van der Waals surface area (Å²) in [5.74, 6) is -0.634. The summed E-state index contributed by atoms with van der Waals surface area (Å²) in [6.07, 6.45) is 2.40. The van der Waals surface area contributed by atoms with Crippen LogP contribution in [0, 0.1) is 0 Å². The summed E-state index contributed by atoms with van der Waals surface area (Å²) in [6.45, 7) is 0. The number of hydrogen-bond acceptors (Lipinski definition) is 5. The van der Waals surface area contributed by atoms with Gasteiger partial charge in [-0.15, -0.1) is 11.3 Å². The molecule has 2 rings (SSSR count). The van der Waals surface area contributed by atoms with Crippen LogP contribution in [0.3, 0.4) is 0 Å². The zero-order valence-corrected chi connectivity index (χ0v) is 14.3. The minimum atomic E-state index is -1.00. The molecule has 0 spiro atoms. The molecule has 122 valence electrons. The van der Waals surface area contributed by atoms with Crippen LogP contribution in [0.4, 0.5) is 0 Å². The van der Waals surface area contributed by atoms with E-state index in [1.165, 1.54) is 11.3 Å². The lowest BCUT2D eigenvalue weighted by molar-refractivity contribution is -0.141. The maximum atomic E-state index is 12.0. The van der Waals surface area contributed by atoms with Crippen LogP contribution in [0.1, 0.15) is 12.1 Å². The van der Waals surface area contributed by atoms with Crippen molar-refractivity contribution < 1.29 is 14.7 Å². The quantitative estimate of drug-likeness (QED) is 0.765. The van der Waals surface area contributed by atoms with Gasteiger partial charge < -0.3 is 10.4 Å². The molecule has 0 saturated heterocycles. The molecule has 0 bridgehead atoms. The third kappa shape index (κ3) is 5.37. The van der Waals surface area contributed by atoms with Gasteiger partial charge in [0.1, 0.15) is 11.0 Å². The number of amides is 1. The highest BCUT2D eigenvalue weighted by atomic mass is 32.2. The topological polar surface area (TPSA) is 79.3 Å². The number of aliphatic carboxylic acids is 1. The van der Waals surface area contributed by atoms with Gasteiger partial charge in [-0.05, 0) is 18.4 Å². The van der Waals surface area contributed by atoms with Crippen LogP contribution < -0.4 is 5.32 Å². The molecular formula is C16H18N2O3S2. The van der Waals surface area contributed by atoms with Gasteiger partial charge in [-0.2, -0.15) is 11.8 Å². The van der Waals surface area contributed by atoms with Crippen LogP contribution in [-0.4, -0.2) is 40.0 Å². The Bertz CT molecular complexity index is 658. The molecule has 0 radical (unpaired) electrons. The number of thiazole rings is 1. The summed E-state index contributed by atoms with van der Waals surface area (Å²) in [7, 11) is 0. The van der Waals surface area contributed by atoms with Crippen molar-refractivity contribution in [1.82, 2.24) is 10.3 Å². The predicted octanol–water partition coefficient (Wildman–Crippen LogP) is 2.68. The zero-order chi connectivity index (χ0) is 16.7. The molecule has 0 saturated carbocycles. The van der Waals surface area contributed by atoms with Gasteiger partial charge in [0, 0.05) is 10.9 Å². The number of carboxylic acid groups (broad SMARTS) is 1. The molecule has 2 N–H and O–H groups in total. The highest BCUT2D eigenvalue weighted by molar-refractivity contribution is 7.98. The molecule has 1 heterocycles. The van der Waals surface area contributed by atoms with Crippen LogP contribution in [-0.2, 0) is 16.0 Å². The SMILES string of the molecule is CSCC[C@H](NC(=O)Cc1csc(-c2ccccc2)n1)C(=O)O. The average Bonchev–Trinajstić information content (AvgIpc) is 3.00. The minimum absolute atomic E-state index is 0.0897. The number of benzene rings is 1. The normalized spacial score (nSPS) is 11.9. The number of carbonyl (C=O) groups is 2. The van der Waals surface area contributed by atoms with E-state index in [4.69, 9.17) is 5.11 Å². The van der Waals surface area contributed by atoms with E-state index in [0.29, 0.717) is 17.9 Å². The number of aromatic nitrogens is 1. The summed E-state index contributed by atoms with van der Waals surface area (Å²) in [4.78, 5) is 27.6. The first-order chi connectivity index (χ1) is 11.1. The number of carboxylic acids is 1. The van der Waals surface area contributed by atoms with Gasteiger partial charge in [0.05, 0.1) is 12.1 Å². The molecule has 1 aromatic heterocycles. The van der Waals surface area contributed by atoms with Gasteiger partial charge in [0.2, 0.25) is 5.91 Å². The number of carbonyl (C=O) groups excluding carboxylic acids is 1. The van der Waals surface area contributed by atoms with E-state index in [2.05, 4.69) is 10.3 Å². The van der Waals surface area contributed by atoms with Crippen LogP contribution in [0.2, 0.25) is 0 Å². The fourth-order valence-electron chi connectivity index (χ4n) is 2.00. The van der Waals surface area contributed by atoms with Crippen LogP contribution >= 0.6 is 23.1 Å². The van der Waals surface area contributed by atoms with Gasteiger partial charge in [0.25, 0.3) is 0 Å². The predicted molar refractivity (Wildman–Crippen MR) is 93.8 cm³/mol. The molecular weight excluding hydrogens is 332 g/mol. The second-order valence-electron chi connectivity index (χ2n) is 4.93. The van der Waals surface area contributed by atoms with Crippen molar-refractivity contribution in [2.45, 2.75) is 18.9 Å². The Kier molecular flexibility index (Phi) is 6.61. The third-order valence-corrected chi connectivity index (χ3v) is 4.74. The van der Waals surface area contributed by atoms with E-state index in [1.807, 2.05) is 42.0 Å². The van der Waals surface area contributed by atoms with Crippen molar-refractivity contribution in [3.63, 3.8) is 0 Å². The van der Waals surface area contributed by atoms with Gasteiger partial charge in [0.15, 0.2) is 0 Å². The van der Waals surface area contributed by atoms with Crippen LogP contribution in [0.25, 0.3) is 10.6 Å². The van der Waals surface area contributed by atoms with E-state index in [9.17, 15) is 9.59 Å². The number of rotatable bonds is 8. The Morgan fingerprint density at radius 1 is 1.35 bits per heavy atom. The van der Waals surface area contributed by atoms with Crippen LogP contribution in [0.5, 0.6) is 0 Å². The lowest BCUT2D eigenvalue weighted by Crippen LogP contribution is -2.41. The van der Waals surface area contributed by atoms with E-state index >= 15 is 0 Å². The zero-order valence-electron chi connectivity index (χ0n) is 12.7. The van der Waals surface area contributed by atoms with Crippen molar-refractivity contribution in [2.75, 3.05) is 12.0 Å². The molecule has 7 heteroatoms. The van der Waals surface area contributed by atoms with Gasteiger partial charge in [-0.1, -0.05) is 30.3 Å². The lowest BCUT2D eigenvalue weighted by Gasteiger charge is -2.13. The van der Waals surface area contributed by atoms with Crippen molar-refractivity contribution in [3.05, 3.63) is 41.4 Å². The number of nitrogens with zero attached hydrogens (tertiary/aromatic N) is 1. The largest absolute Gasteiger partial charge is 0.480 e. The lowest BCUT2D eigenvalue weighted by atomic mass is 10.2. The maximum Gasteiger partial charge on any atom is 0.326 e. The van der Waals surface area contributed by atoms with Crippen molar-refractivity contribution in [2.24, 2.45) is 0 Å². The molecule has 1 aromatic carbocycles. The third-order valence-electron chi connectivity index (χ3n) is 3.16. The fraction of sp³-hybridized carbons (Fsp3) is 0.312. The summed E-state index contributed by atoms with van der Waals surface area (Å²) in [5.41, 5.74) is 1.66. The summed E-state index contributed by atoms with van der Waals surface area (Å²) in [5, 5.41) is 14.4. The van der Waals surface area contributed by atoms with Crippen molar-refractivity contribution in [3.8, 4) is 10.6 Å². The molecule has 0 aliphatic heterocycles. The van der Waals surface area contributed by atoms with E-state index in [-0.39, 0.29) is 12.3 Å². The smallest absolute Gasteiger partial charge is 0.326 e. The van der Waals surface area contributed by atoms with E-state index in [1.54, 1.807) is 11.8 Å². The van der Waals surface area contributed by atoms with Gasteiger partial charge in [-0.3, -0.25) is 4.79 Å². The Balaban J connectivity index is 1.95. The summed E-state index contributed by atoms with van der Waals surface area (Å²) < 4.78 is 0. The molecule has 2 aromatic rings. The Morgan fingerprint density at radius 2 is 2.09 bits per heavy atom. The molecule has 5 nitrogen and oxygen atoms in total. The van der Waals surface area contributed by atoms with Crippen LogP contribution in [0.15, 0.2) is 35.7 Å². The first-order valence-electron chi connectivity index (χ1n) is 7.11. The second-order valence-corrected chi connectivity index (χ2v) is 6.77. The molecule has 0 unspecified atom stereocenters. The molecule has 23 heavy (non-hydrogen) atoms. The molecule has 1 atom stereocenters. The van der Waals surface area contributed by atoms with Gasteiger partial charge >= 0.3 is 5.97 Å². The number of thioether (sulfide) groups is 1.